The van der Waals surface area contributed by atoms with E-state index in [4.69, 9.17) is 23.2 Å². The molecule has 1 saturated heterocycles. The van der Waals surface area contributed by atoms with Crippen molar-refractivity contribution < 1.29 is 15.0 Å². The Bertz CT molecular complexity index is 790. The number of carbonyl (C=O) groups excluding carboxylic acids is 1. The number of amides is 1. The number of carbonyl (C=O) groups is 1. The summed E-state index contributed by atoms with van der Waals surface area (Å²) < 4.78 is 0. The maximum absolute atomic E-state index is 13.5. The molecule has 3 rings (SSSR count). The number of halogens is 2. The van der Waals surface area contributed by atoms with Crippen LogP contribution in [0.25, 0.3) is 0 Å². The Morgan fingerprint density at radius 3 is 2.53 bits per heavy atom. The lowest BCUT2D eigenvalue weighted by Gasteiger charge is -2.49. The molecule has 7 heteroatoms. The van der Waals surface area contributed by atoms with Crippen molar-refractivity contribution >= 4 is 29.1 Å². The summed E-state index contributed by atoms with van der Waals surface area (Å²) in [7, 11) is 0. The van der Waals surface area contributed by atoms with Crippen molar-refractivity contribution in [1.29, 1.82) is 0 Å². The Balaban J connectivity index is 1.65. The van der Waals surface area contributed by atoms with Gasteiger partial charge < -0.3 is 15.1 Å². The van der Waals surface area contributed by atoms with E-state index >= 15 is 0 Å². The highest BCUT2D eigenvalue weighted by molar-refractivity contribution is 6.29. The van der Waals surface area contributed by atoms with Crippen LogP contribution in [0.3, 0.4) is 0 Å². The molecular weight excluding hydrogens is 447 g/mol. The van der Waals surface area contributed by atoms with Crippen LogP contribution in [0, 0.1) is 23.2 Å². The van der Waals surface area contributed by atoms with E-state index in [1.165, 1.54) is 6.08 Å². The lowest BCUT2D eigenvalue weighted by molar-refractivity contribution is -0.141. The molecule has 1 heterocycles. The van der Waals surface area contributed by atoms with Crippen molar-refractivity contribution in [3.63, 3.8) is 0 Å². The van der Waals surface area contributed by atoms with Crippen molar-refractivity contribution in [2.75, 3.05) is 13.1 Å². The van der Waals surface area contributed by atoms with Crippen molar-refractivity contribution in [2.45, 2.75) is 77.4 Å². The Morgan fingerprint density at radius 2 is 1.97 bits per heavy atom. The largest absolute Gasteiger partial charge is 0.511 e. The van der Waals surface area contributed by atoms with Gasteiger partial charge in [0.25, 0.3) is 0 Å². The standard InChI is InChI=1S/C25H38Cl2N2O3/c1-15(2)22(28-23(31)17-7-10-20(27)21(30)13-17)24(32)29-12-11-19(25(3,4)14-29)16-5-8-18(26)9-6-16/h7-8,13,15-16,19-20,22-23,28,30-31H,5-6,9-12,14H2,1-4H3/t16?,19-,20?,22-,23?/m1/s1. The number of hydrogen-bond donors (Lipinski definition) is 3. The third-order valence-electron chi connectivity index (χ3n) is 7.37. The van der Waals surface area contributed by atoms with Gasteiger partial charge in [0.05, 0.1) is 11.4 Å². The first-order valence-electron chi connectivity index (χ1n) is 11.8. The zero-order valence-electron chi connectivity index (χ0n) is 19.7. The zero-order chi connectivity index (χ0) is 23.6. The van der Waals surface area contributed by atoms with Gasteiger partial charge in [0.2, 0.25) is 5.91 Å². The number of alkyl halides is 1. The van der Waals surface area contributed by atoms with Gasteiger partial charge in [0, 0.05) is 18.1 Å². The molecule has 0 aromatic heterocycles. The predicted octanol–water partition coefficient (Wildman–Crippen LogP) is 5.10. The zero-order valence-corrected chi connectivity index (χ0v) is 21.2. The molecule has 180 valence electrons. The van der Waals surface area contributed by atoms with Crippen LogP contribution in [-0.4, -0.2) is 51.8 Å². The smallest absolute Gasteiger partial charge is 0.240 e. The number of aliphatic hydroxyl groups is 2. The molecule has 0 saturated carbocycles. The lowest BCUT2D eigenvalue weighted by Crippen LogP contribution is -2.57. The minimum absolute atomic E-state index is 0.00570. The molecule has 1 amide bonds. The van der Waals surface area contributed by atoms with Gasteiger partial charge in [0.1, 0.15) is 12.0 Å². The first kappa shape index (κ1) is 25.6. The van der Waals surface area contributed by atoms with Gasteiger partial charge in [-0.2, -0.15) is 0 Å². The van der Waals surface area contributed by atoms with E-state index in [9.17, 15) is 15.0 Å². The molecule has 32 heavy (non-hydrogen) atoms. The van der Waals surface area contributed by atoms with E-state index in [1.54, 1.807) is 6.08 Å². The van der Waals surface area contributed by atoms with E-state index in [2.05, 4.69) is 25.2 Å². The number of allylic oxidation sites excluding steroid dienone is 4. The van der Waals surface area contributed by atoms with Crippen LogP contribution in [0.1, 0.15) is 59.8 Å². The van der Waals surface area contributed by atoms with Gasteiger partial charge >= 0.3 is 0 Å². The van der Waals surface area contributed by atoms with E-state index < -0.39 is 17.6 Å². The van der Waals surface area contributed by atoms with Crippen molar-refractivity contribution in [1.82, 2.24) is 10.2 Å². The van der Waals surface area contributed by atoms with Crippen LogP contribution in [0.4, 0.5) is 0 Å². The average molecular weight is 485 g/mol. The number of rotatable bonds is 6. The van der Waals surface area contributed by atoms with E-state index in [0.717, 1.165) is 37.3 Å². The molecule has 3 N–H and O–H groups in total. The van der Waals surface area contributed by atoms with Gasteiger partial charge in [-0.15, -0.1) is 11.6 Å². The van der Waals surface area contributed by atoms with E-state index in [1.807, 2.05) is 18.7 Å². The summed E-state index contributed by atoms with van der Waals surface area (Å²) in [4.78, 5) is 15.5. The number of piperidine rings is 1. The highest BCUT2D eigenvalue weighted by Crippen LogP contribution is 2.45. The van der Waals surface area contributed by atoms with Gasteiger partial charge in [-0.1, -0.05) is 51.4 Å². The van der Waals surface area contributed by atoms with Crippen LogP contribution >= 0.6 is 23.2 Å². The molecular formula is C25H38Cl2N2O3. The Morgan fingerprint density at radius 1 is 1.25 bits per heavy atom. The fraction of sp³-hybridized carbons (Fsp3) is 0.720. The first-order valence-corrected chi connectivity index (χ1v) is 12.6. The molecule has 2 aliphatic carbocycles. The maximum atomic E-state index is 13.5. The third kappa shape index (κ3) is 5.91. The minimum atomic E-state index is -1.04. The van der Waals surface area contributed by atoms with Gasteiger partial charge in [-0.25, -0.2) is 0 Å². The fourth-order valence-electron chi connectivity index (χ4n) is 5.51. The molecule has 0 radical (unpaired) electrons. The fourth-order valence-corrected chi connectivity index (χ4v) is 5.86. The molecule has 5 nitrogen and oxygen atoms in total. The van der Waals surface area contributed by atoms with E-state index in [-0.39, 0.29) is 23.0 Å². The number of likely N-dealkylation sites (tertiary alicyclic amines) is 1. The number of aliphatic hydroxyl groups excluding tert-OH is 2. The summed E-state index contributed by atoms with van der Waals surface area (Å²) in [5.41, 5.74) is 0.563. The third-order valence-corrected chi connectivity index (χ3v) is 8.12. The molecule has 3 unspecified atom stereocenters. The lowest BCUT2D eigenvalue weighted by atomic mass is 9.65. The van der Waals surface area contributed by atoms with Crippen LogP contribution in [-0.2, 0) is 4.79 Å². The highest BCUT2D eigenvalue weighted by atomic mass is 35.5. The Hall–Kier alpha value is -1.01. The molecule has 1 aliphatic heterocycles. The second-order valence-corrected chi connectivity index (χ2v) is 11.6. The maximum Gasteiger partial charge on any atom is 0.240 e. The second-order valence-electron chi connectivity index (χ2n) is 10.6. The molecule has 0 aromatic carbocycles. The molecule has 5 atom stereocenters. The average Bonchev–Trinajstić information content (AvgIpc) is 2.73. The summed E-state index contributed by atoms with van der Waals surface area (Å²) in [5.74, 6) is 1.25. The second kappa shape index (κ2) is 10.5. The predicted molar refractivity (Wildman–Crippen MR) is 131 cm³/mol. The Kier molecular flexibility index (Phi) is 8.40. The van der Waals surface area contributed by atoms with Crippen molar-refractivity contribution in [3.8, 4) is 0 Å². The van der Waals surface area contributed by atoms with Gasteiger partial charge in [-0.3, -0.25) is 10.1 Å². The van der Waals surface area contributed by atoms with Crippen LogP contribution in [0.5, 0.6) is 0 Å². The Labute approximate surface area is 202 Å². The first-order chi connectivity index (χ1) is 15.0. The van der Waals surface area contributed by atoms with Crippen molar-refractivity contribution in [3.05, 3.63) is 34.6 Å². The van der Waals surface area contributed by atoms with Crippen LogP contribution < -0.4 is 5.32 Å². The summed E-state index contributed by atoms with van der Waals surface area (Å²) in [6.45, 7) is 9.95. The molecule has 0 aromatic rings. The normalized spacial score (nSPS) is 30.3. The molecule has 0 spiro atoms. The number of nitrogens with zero attached hydrogens (tertiary/aromatic N) is 1. The van der Waals surface area contributed by atoms with Crippen LogP contribution in [0.15, 0.2) is 34.6 Å². The summed E-state index contributed by atoms with van der Waals surface area (Å²) in [5, 5.41) is 24.3. The van der Waals surface area contributed by atoms with Crippen molar-refractivity contribution in [2.24, 2.45) is 23.2 Å². The quantitative estimate of drug-likeness (QED) is 0.362. The summed E-state index contributed by atoms with van der Waals surface area (Å²) in [6, 6.07) is -0.515. The van der Waals surface area contributed by atoms with Gasteiger partial charge in [-0.05, 0) is 66.9 Å². The van der Waals surface area contributed by atoms with E-state index in [0.29, 0.717) is 30.4 Å². The summed E-state index contributed by atoms with van der Waals surface area (Å²) >= 11 is 12.2. The summed E-state index contributed by atoms with van der Waals surface area (Å²) in [6.07, 6.45) is 8.96. The SMILES string of the molecule is CC(C)[C@@H](NC(O)C1=CCC(Cl)C(O)=C1)C(=O)N1CC[C@H](C2CC=C(Cl)CC2)C(C)(C)C1. The molecule has 3 aliphatic rings. The van der Waals surface area contributed by atoms with Gasteiger partial charge in [0.15, 0.2) is 0 Å². The topological polar surface area (TPSA) is 72.8 Å². The number of nitrogens with one attached hydrogen (secondary N) is 1. The number of hydrogen-bond acceptors (Lipinski definition) is 4. The molecule has 1 fully saturated rings. The molecule has 0 bridgehead atoms. The highest BCUT2D eigenvalue weighted by Gasteiger charge is 2.43. The van der Waals surface area contributed by atoms with Crippen LogP contribution in [0.2, 0.25) is 0 Å². The monoisotopic (exact) mass is 484 g/mol. The minimum Gasteiger partial charge on any atom is -0.511 e.